The fourth-order valence-corrected chi connectivity index (χ4v) is 1.31. The summed E-state index contributed by atoms with van der Waals surface area (Å²) in [5.41, 5.74) is 2.80. The van der Waals surface area contributed by atoms with Crippen LogP contribution in [0.3, 0.4) is 0 Å². The summed E-state index contributed by atoms with van der Waals surface area (Å²) in [5.74, 6) is -1.18. The van der Waals surface area contributed by atoms with E-state index in [1.807, 2.05) is 0 Å². The van der Waals surface area contributed by atoms with Crippen molar-refractivity contribution in [2.75, 3.05) is 0 Å². The summed E-state index contributed by atoms with van der Waals surface area (Å²) in [5, 5.41) is 3.71. The topological polar surface area (TPSA) is 54.4 Å². The van der Waals surface area contributed by atoms with Crippen LogP contribution in [-0.4, -0.2) is 17.1 Å². The lowest BCUT2D eigenvalue weighted by Gasteiger charge is -2.00. The van der Waals surface area contributed by atoms with E-state index in [1.165, 1.54) is 24.4 Å². The summed E-state index contributed by atoms with van der Waals surface area (Å²) >= 11 is 0. The first-order chi connectivity index (χ1) is 8.77. The minimum absolute atomic E-state index is 0.0457. The molecular weight excluding hydrogens is 233 g/mol. The van der Waals surface area contributed by atoms with Crippen molar-refractivity contribution >= 4 is 12.1 Å². The van der Waals surface area contributed by atoms with Crippen LogP contribution in [0.15, 0.2) is 53.8 Å². The molecule has 0 radical (unpaired) electrons. The van der Waals surface area contributed by atoms with Gasteiger partial charge in [0.05, 0.1) is 17.5 Å². The molecule has 5 heteroatoms. The molecule has 0 aliphatic carbocycles. The molecule has 1 N–H and O–H groups in total. The lowest BCUT2D eigenvalue weighted by atomic mass is 10.2. The maximum absolute atomic E-state index is 13.3. The maximum Gasteiger partial charge on any atom is 0.274 e. The molecule has 1 amide bonds. The third-order valence-corrected chi connectivity index (χ3v) is 2.17. The first kappa shape index (κ1) is 11.9. The van der Waals surface area contributed by atoms with E-state index in [-0.39, 0.29) is 5.56 Å². The first-order valence-corrected chi connectivity index (χ1v) is 5.26. The van der Waals surface area contributed by atoms with E-state index in [4.69, 9.17) is 0 Å². The van der Waals surface area contributed by atoms with Gasteiger partial charge in [-0.1, -0.05) is 18.2 Å². The van der Waals surface area contributed by atoms with Crippen LogP contribution in [0.2, 0.25) is 0 Å². The first-order valence-electron chi connectivity index (χ1n) is 5.26. The molecule has 0 saturated heterocycles. The van der Waals surface area contributed by atoms with Gasteiger partial charge in [0.15, 0.2) is 0 Å². The second kappa shape index (κ2) is 5.67. The highest BCUT2D eigenvalue weighted by Gasteiger charge is 2.08. The molecule has 0 bridgehead atoms. The van der Waals surface area contributed by atoms with Crippen LogP contribution in [0.25, 0.3) is 0 Å². The summed E-state index contributed by atoms with van der Waals surface area (Å²) in [6.07, 6.45) is 3.00. The average Bonchev–Trinajstić information content (AvgIpc) is 2.40. The maximum atomic E-state index is 13.3. The number of amides is 1. The Kier molecular flexibility index (Phi) is 3.76. The number of nitrogens with one attached hydrogen (secondary N) is 1. The molecule has 0 aliphatic rings. The van der Waals surface area contributed by atoms with Gasteiger partial charge in [-0.05, 0) is 24.3 Å². The van der Waals surface area contributed by atoms with Crippen molar-refractivity contribution in [3.63, 3.8) is 0 Å². The molecule has 0 fully saturated rings. The van der Waals surface area contributed by atoms with E-state index in [0.29, 0.717) is 5.69 Å². The van der Waals surface area contributed by atoms with Gasteiger partial charge >= 0.3 is 0 Å². The molecule has 0 aliphatic heterocycles. The van der Waals surface area contributed by atoms with Gasteiger partial charge in [-0.3, -0.25) is 9.78 Å². The quantitative estimate of drug-likeness (QED) is 0.662. The normalized spacial score (nSPS) is 10.5. The van der Waals surface area contributed by atoms with Gasteiger partial charge in [0.2, 0.25) is 0 Å². The molecule has 4 nitrogen and oxygen atoms in total. The SMILES string of the molecule is O=C(NN=Cc1ccccn1)c1ccccc1F. The third kappa shape index (κ3) is 2.98. The van der Waals surface area contributed by atoms with Crippen LogP contribution in [-0.2, 0) is 0 Å². The van der Waals surface area contributed by atoms with Crippen LogP contribution < -0.4 is 5.43 Å². The van der Waals surface area contributed by atoms with E-state index in [1.54, 1.807) is 30.5 Å². The smallest absolute Gasteiger partial charge is 0.267 e. The van der Waals surface area contributed by atoms with Crippen molar-refractivity contribution < 1.29 is 9.18 Å². The molecule has 0 atom stereocenters. The number of pyridine rings is 1. The molecular formula is C13H10FN3O. The number of benzene rings is 1. The van der Waals surface area contributed by atoms with E-state index < -0.39 is 11.7 Å². The van der Waals surface area contributed by atoms with Gasteiger partial charge in [-0.15, -0.1) is 0 Å². The number of aromatic nitrogens is 1. The Morgan fingerprint density at radius 1 is 1.22 bits per heavy atom. The van der Waals surface area contributed by atoms with E-state index in [0.717, 1.165) is 0 Å². The van der Waals surface area contributed by atoms with Crippen molar-refractivity contribution in [1.82, 2.24) is 10.4 Å². The molecule has 0 unspecified atom stereocenters. The summed E-state index contributed by atoms with van der Waals surface area (Å²) < 4.78 is 13.3. The van der Waals surface area contributed by atoms with Crippen LogP contribution in [0.1, 0.15) is 16.1 Å². The Hall–Kier alpha value is -2.56. The van der Waals surface area contributed by atoms with Crippen molar-refractivity contribution in [2.24, 2.45) is 5.10 Å². The van der Waals surface area contributed by atoms with Crippen LogP contribution in [0.4, 0.5) is 4.39 Å². The molecule has 1 aromatic heterocycles. The zero-order chi connectivity index (χ0) is 12.8. The molecule has 2 aromatic rings. The minimum Gasteiger partial charge on any atom is -0.267 e. The Bertz CT molecular complexity index is 569. The van der Waals surface area contributed by atoms with E-state index in [2.05, 4.69) is 15.5 Å². The van der Waals surface area contributed by atoms with Crippen molar-refractivity contribution in [3.8, 4) is 0 Å². The number of halogens is 1. The summed E-state index contributed by atoms with van der Waals surface area (Å²) in [7, 11) is 0. The van der Waals surface area contributed by atoms with Crippen molar-refractivity contribution in [2.45, 2.75) is 0 Å². The minimum atomic E-state index is -0.597. The lowest BCUT2D eigenvalue weighted by Crippen LogP contribution is -2.19. The number of carbonyl (C=O) groups is 1. The molecule has 0 saturated carbocycles. The molecule has 2 rings (SSSR count). The van der Waals surface area contributed by atoms with Crippen molar-refractivity contribution in [3.05, 3.63) is 65.7 Å². The zero-order valence-electron chi connectivity index (χ0n) is 9.38. The number of rotatable bonds is 3. The van der Waals surface area contributed by atoms with Gasteiger partial charge in [-0.25, -0.2) is 9.82 Å². The summed E-state index contributed by atoms with van der Waals surface area (Å²) in [4.78, 5) is 15.6. The largest absolute Gasteiger partial charge is 0.274 e. The molecule has 18 heavy (non-hydrogen) atoms. The third-order valence-electron chi connectivity index (χ3n) is 2.17. The Labute approximate surface area is 103 Å². The van der Waals surface area contributed by atoms with Gasteiger partial charge in [0.25, 0.3) is 5.91 Å². The van der Waals surface area contributed by atoms with Crippen LogP contribution in [0, 0.1) is 5.82 Å². The molecule has 1 heterocycles. The number of hydrazone groups is 1. The van der Waals surface area contributed by atoms with E-state index >= 15 is 0 Å². The second-order valence-corrected chi connectivity index (χ2v) is 3.43. The zero-order valence-corrected chi connectivity index (χ0v) is 9.38. The van der Waals surface area contributed by atoms with Gasteiger partial charge in [-0.2, -0.15) is 5.10 Å². The molecule has 90 valence electrons. The molecule has 0 spiro atoms. The highest BCUT2D eigenvalue weighted by molar-refractivity contribution is 5.94. The Morgan fingerprint density at radius 2 is 2.00 bits per heavy atom. The van der Waals surface area contributed by atoms with Gasteiger partial charge in [0, 0.05) is 6.20 Å². The highest BCUT2D eigenvalue weighted by Crippen LogP contribution is 2.05. The predicted molar refractivity (Wildman–Crippen MR) is 65.7 cm³/mol. The standard InChI is InChI=1S/C13H10FN3O/c14-12-7-2-1-6-11(12)13(18)17-16-9-10-5-3-4-8-15-10/h1-9H,(H,17,18). The monoisotopic (exact) mass is 243 g/mol. The van der Waals surface area contributed by atoms with Crippen LogP contribution in [0.5, 0.6) is 0 Å². The number of hydrogen-bond acceptors (Lipinski definition) is 3. The summed E-state index contributed by atoms with van der Waals surface area (Å²) in [6.45, 7) is 0. The van der Waals surface area contributed by atoms with Gasteiger partial charge in [0.1, 0.15) is 5.82 Å². The number of nitrogens with zero attached hydrogens (tertiary/aromatic N) is 2. The number of hydrogen-bond donors (Lipinski definition) is 1. The number of carbonyl (C=O) groups excluding carboxylic acids is 1. The Morgan fingerprint density at radius 3 is 2.72 bits per heavy atom. The average molecular weight is 243 g/mol. The second-order valence-electron chi connectivity index (χ2n) is 3.43. The predicted octanol–water partition coefficient (Wildman–Crippen LogP) is 1.98. The van der Waals surface area contributed by atoms with E-state index in [9.17, 15) is 9.18 Å². The fraction of sp³-hybridized carbons (Fsp3) is 0. The van der Waals surface area contributed by atoms with Gasteiger partial charge < -0.3 is 0 Å². The summed E-state index contributed by atoms with van der Waals surface area (Å²) in [6, 6.07) is 11.0. The van der Waals surface area contributed by atoms with Crippen molar-refractivity contribution in [1.29, 1.82) is 0 Å². The fourth-order valence-electron chi connectivity index (χ4n) is 1.31. The lowest BCUT2D eigenvalue weighted by molar-refractivity contribution is 0.0951. The van der Waals surface area contributed by atoms with Crippen LogP contribution >= 0.6 is 0 Å². The highest BCUT2D eigenvalue weighted by atomic mass is 19.1. The molecule has 1 aromatic carbocycles. The Balaban J connectivity index is 2.01.